The van der Waals surface area contributed by atoms with Crippen LogP contribution in [0.25, 0.3) is 0 Å². The molecule has 13 heteroatoms. The summed E-state index contributed by atoms with van der Waals surface area (Å²) < 4.78 is 2.81. The minimum Gasteiger partial charge on any atom is -0.0694 e. The third-order valence-electron chi connectivity index (χ3n) is 17.0. The van der Waals surface area contributed by atoms with Gasteiger partial charge in [-0.05, 0) is 94.1 Å². The van der Waals surface area contributed by atoms with Gasteiger partial charge in [-0.1, -0.05) is 240 Å². The molecule has 2 heterocycles. The van der Waals surface area contributed by atoms with E-state index in [2.05, 4.69) is 240 Å². The Morgan fingerprint density at radius 2 is 0.328 bits per heavy atom. The summed E-state index contributed by atoms with van der Waals surface area (Å²) in [5.74, 6) is 0. The van der Waals surface area contributed by atoms with E-state index in [1.807, 2.05) is 0 Å². The Hall–Kier alpha value is 2.82. The van der Waals surface area contributed by atoms with Crippen molar-refractivity contribution in [1.82, 2.24) is 0 Å². The maximum absolute atomic E-state index is 3.02. The number of hydrogen-bond acceptors (Lipinski definition) is 0. The fourth-order valence-electron chi connectivity index (χ4n) is 16.4. The summed E-state index contributed by atoms with van der Waals surface area (Å²) in [4.78, 5) is 0. The molecule has 2 rings (SSSR count). The summed E-state index contributed by atoms with van der Waals surface area (Å²) in [6, 6.07) is 0. The lowest BCUT2D eigenvalue weighted by atomic mass is 9.93. The first-order valence-corrected chi connectivity index (χ1v) is 67.3. The van der Waals surface area contributed by atoms with Crippen LogP contribution in [-0.4, -0.2) is 100 Å². The van der Waals surface area contributed by atoms with E-state index in [1.165, 1.54) is 0 Å². The lowest BCUT2D eigenvalue weighted by molar-refractivity contribution is 0.370. The largest absolute Gasteiger partial charge is 0.0755 e. The molecule has 2 aliphatic rings. The van der Waals surface area contributed by atoms with Crippen LogP contribution >= 0.6 is 0 Å². The van der Waals surface area contributed by atoms with Crippen LogP contribution in [0.2, 0.25) is 174 Å². The van der Waals surface area contributed by atoms with Gasteiger partial charge in [-0.3, -0.25) is 0 Å². The average molecular weight is 1060 g/mol. The molecule has 0 N–H and O–H groups in total. The molecule has 2 aliphatic heterocycles. The second-order valence-electron chi connectivity index (χ2n) is 34.8. The van der Waals surface area contributed by atoms with Crippen LogP contribution in [0.1, 0.15) is 109 Å². The van der Waals surface area contributed by atoms with Gasteiger partial charge in [0.15, 0.2) is 0 Å². The molecule has 0 aromatic rings. The van der Waals surface area contributed by atoms with Crippen molar-refractivity contribution in [3.63, 3.8) is 0 Å². The molecule has 0 atom stereocenters. The molecule has 0 amide bonds. The van der Waals surface area contributed by atoms with Crippen LogP contribution in [-0.2, 0) is 0 Å². The summed E-state index contributed by atoms with van der Waals surface area (Å²) in [5, 5.41) is 0. The molecule has 1 spiro atoms. The van der Waals surface area contributed by atoms with Gasteiger partial charge in [0, 0.05) is 64.6 Å². The lowest BCUT2D eigenvalue weighted by Crippen LogP contribution is -2.66. The van der Waals surface area contributed by atoms with Crippen molar-refractivity contribution in [3.05, 3.63) is 0 Å². The fourth-order valence-corrected chi connectivity index (χ4v) is 365. The highest BCUT2D eigenvalue weighted by Gasteiger charge is 2.89. The van der Waals surface area contributed by atoms with E-state index in [9.17, 15) is 0 Å². The highest BCUT2D eigenvalue weighted by Crippen LogP contribution is 2.75. The summed E-state index contributed by atoms with van der Waals surface area (Å²) in [6.45, 7) is 105. The Balaban J connectivity index is 4.07. The topological polar surface area (TPSA) is 0 Å². The van der Waals surface area contributed by atoms with E-state index < -0.39 is 100 Å². The molecule has 0 nitrogen and oxygen atoms in total. The van der Waals surface area contributed by atoms with Crippen molar-refractivity contribution < 1.29 is 0 Å². The molecule has 0 fully saturated rings. The summed E-state index contributed by atoms with van der Waals surface area (Å²) in [5.41, 5.74) is 1.51. The van der Waals surface area contributed by atoms with Crippen LogP contribution in [0.3, 0.4) is 0 Å². The fraction of sp³-hybridized carbons (Fsp3) is 1.00. The first-order chi connectivity index (χ1) is 25.8. The molecule has 61 heavy (non-hydrogen) atoms. The summed E-state index contributed by atoms with van der Waals surface area (Å²) in [6.07, 6.45) is 4.55. The highest BCUT2D eigenvalue weighted by atomic mass is 30.5. The molecule has 360 valence electrons. The van der Waals surface area contributed by atoms with Crippen LogP contribution in [0.5, 0.6) is 0 Å². The van der Waals surface area contributed by atoms with Gasteiger partial charge in [-0.25, -0.2) is 0 Å². The first-order valence-electron chi connectivity index (χ1n) is 25.3. The van der Waals surface area contributed by atoms with Gasteiger partial charge < -0.3 is 0 Å². The molecule has 0 aliphatic carbocycles. The quantitative estimate of drug-likeness (QED) is 0.135. The third-order valence-corrected chi connectivity index (χ3v) is 181. The molecule has 0 aromatic heterocycles. The molecule has 0 saturated heterocycles. The minimum absolute atomic E-state index is 0.378. The van der Waals surface area contributed by atoms with Crippen LogP contribution in [0.15, 0.2) is 0 Å². The van der Waals surface area contributed by atoms with Crippen LogP contribution < -0.4 is 0 Å². The van der Waals surface area contributed by atoms with E-state index >= 15 is 0 Å². The van der Waals surface area contributed by atoms with Gasteiger partial charge in [0.2, 0.25) is 0 Å². The monoisotopic (exact) mass is 1060 g/mol. The van der Waals surface area contributed by atoms with E-state index in [-0.39, 0.29) is 0 Å². The average Bonchev–Trinajstić information content (AvgIpc) is 3.72. The molecular weight excluding hydrogens is 942 g/mol. The summed E-state index contributed by atoms with van der Waals surface area (Å²) >= 11 is 0. The van der Waals surface area contributed by atoms with Crippen molar-refractivity contribution in [2.24, 2.45) is 21.7 Å². The maximum Gasteiger partial charge on any atom is 0.0755 e. The molecule has 0 radical (unpaired) electrons. The van der Waals surface area contributed by atoms with Crippen molar-refractivity contribution in [2.75, 3.05) is 0 Å². The van der Waals surface area contributed by atoms with Crippen molar-refractivity contribution >= 4 is 100 Å². The second kappa shape index (κ2) is 16.4. The zero-order valence-electron chi connectivity index (χ0n) is 49.3. The van der Waals surface area contributed by atoms with Gasteiger partial charge >= 0.3 is 0 Å². The van der Waals surface area contributed by atoms with Gasteiger partial charge in [0.25, 0.3) is 0 Å². The number of hydrogen-bond donors (Lipinski definition) is 0. The minimum atomic E-state index is -1.76. The lowest BCUT2D eigenvalue weighted by Gasteiger charge is -2.57. The Bertz CT molecular complexity index is 1390. The Morgan fingerprint density at radius 3 is 0.393 bits per heavy atom. The van der Waals surface area contributed by atoms with Crippen LogP contribution in [0, 0.1) is 21.7 Å². The van der Waals surface area contributed by atoms with Gasteiger partial charge in [0.05, 0.1) is 6.14 Å². The Kier molecular flexibility index (Phi) is 16.2. The Labute approximate surface area is 401 Å². The molecular formula is C48H116Si13. The van der Waals surface area contributed by atoms with E-state index in [0.29, 0.717) is 38.8 Å². The van der Waals surface area contributed by atoms with Crippen molar-refractivity contribution in [1.29, 1.82) is 0 Å². The SMILES string of the molecule is CC(C)(C)CC([Si]1=[Si](C(CC(C)(C)C)([Si](C)(C)C)[Si](C)(C)C)[Si]12[Si](C(CC(C)(C)C)([Si](C)(C)C)[Si](C)(C)C)=[Si]2C(CC(C)(C)C)([Si](C)(C)C)[Si](C)(C)C)([Si](C)(C)C)[Si](C)(C)C. The summed E-state index contributed by atoms with van der Waals surface area (Å²) in [7, 11) is -16.1. The zero-order valence-corrected chi connectivity index (χ0v) is 62.3. The third kappa shape index (κ3) is 10.2. The molecule has 0 bridgehead atoms. The van der Waals surface area contributed by atoms with Gasteiger partial charge in [-0.15, -0.1) is 0 Å². The van der Waals surface area contributed by atoms with Crippen molar-refractivity contribution in [2.45, 2.75) is 283 Å². The smallest absolute Gasteiger partial charge is 0.0694 e. The van der Waals surface area contributed by atoms with Gasteiger partial charge in [0.1, 0.15) is 0 Å². The standard InChI is InChI=1S/C48H116Si13/c1-41(2,3)37-45(53(13,14)15,54(16,17)18)49-50(46(55(19,20)21,56(22,23)24)38-42(4,5)6)61(49)51(47(57(25,26)27,58(28,29)30)39-43(7,8)9)52(61)48(59(31,32)33,60(34,35)36)40-44(10,11)12/h37-40H2,1-36H3. The highest BCUT2D eigenvalue weighted by molar-refractivity contribution is 8.28. The van der Waals surface area contributed by atoms with E-state index in [4.69, 9.17) is 0 Å². The molecule has 0 aromatic carbocycles. The second-order valence-corrected chi connectivity index (χ2v) is 128. The maximum atomic E-state index is 3.02. The number of rotatable bonds is 16. The zero-order chi connectivity index (χ0) is 49.6. The van der Waals surface area contributed by atoms with Gasteiger partial charge in [-0.2, -0.15) is 0 Å². The normalized spacial score (nSPS) is 19.1. The first kappa shape index (κ1) is 59.9. The predicted octanol–water partition coefficient (Wildman–Crippen LogP) is 17.6. The molecule has 0 unspecified atom stereocenters. The predicted molar refractivity (Wildman–Crippen MR) is 323 cm³/mol. The Morgan fingerprint density at radius 1 is 0.230 bits per heavy atom. The van der Waals surface area contributed by atoms with E-state index in [0.717, 1.165) is 0 Å². The van der Waals surface area contributed by atoms with Crippen molar-refractivity contribution in [3.8, 4) is 0 Å². The van der Waals surface area contributed by atoms with E-state index in [1.54, 1.807) is 25.7 Å². The molecule has 0 saturated carbocycles. The van der Waals surface area contributed by atoms with Crippen LogP contribution in [0.4, 0.5) is 0 Å².